The van der Waals surface area contributed by atoms with Crippen LogP contribution in [0, 0.1) is 5.92 Å². The monoisotopic (exact) mass is 236 g/mol. The minimum absolute atomic E-state index is 0.523. The lowest BCUT2D eigenvalue weighted by Crippen LogP contribution is -2.32. The molecule has 0 aromatic carbocycles. The van der Waals surface area contributed by atoms with Gasteiger partial charge in [0.05, 0.1) is 7.11 Å². The van der Waals surface area contributed by atoms with Gasteiger partial charge in [-0.25, -0.2) is 4.98 Å². The van der Waals surface area contributed by atoms with E-state index < -0.39 is 0 Å². The molecule has 2 unspecified atom stereocenters. The molecule has 94 valence electrons. The fourth-order valence-corrected chi connectivity index (χ4v) is 1.97. The summed E-state index contributed by atoms with van der Waals surface area (Å²) < 4.78 is 5.09. The number of hydrogen-bond acceptors (Lipinski definition) is 5. The first-order valence-corrected chi connectivity index (χ1v) is 5.97. The minimum Gasteiger partial charge on any atom is -0.481 e. The molecular formula is C12H20N4O. The summed E-state index contributed by atoms with van der Waals surface area (Å²) in [6.45, 7) is 5.07. The van der Waals surface area contributed by atoms with Crippen LogP contribution >= 0.6 is 0 Å². The minimum atomic E-state index is 0.523. The molecule has 1 aliphatic rings. The van der Waals surface area contributed by atoms with E-state index in [1.165, 1.54) is 5.56 Å². The number of nitrogens with one attached hydrogen (secondary N) is 3. The third kappa shape index (κ3) is 3.39. The number of hydrazine groups is 1. The van der Waals surface area contributed by atoms with Crippen molar-refractivity contribution < 1.29 is 4.74 Å². The van der Waals surface area contributed by atoms with Gasteiger partial charge in [-0.3, -0.25) is 10.9 Å². The molecule has 3 N–H and O–H groups in total. The van der Waals surface area contributed by atoms with Crippen LogP contribution in [0.15, 0.2) is 18.3 Å². The summed E-state index contributed by atoms with van der Waals surface area (Å²) in [6.07, 6.45) is 1.77. The Morgan fingerprint density at radius 1 is 1.59 bits per heavy atom. The molecule has 1 aromatic heterocycles. The highest BCUT2D eigenvalue weighted by atomic mass is 16.5. The van der Waals surface area contributed by atoms with Crippen LogP contribution in [0.5, 0.6) is 5.88 Å². The van der Waals surface area contributed by atoms with E-state index in [1.807, 2.05) is 12.1 Å². The van der Waals surface area contributed by atoms with Crippen molar-refractivity contribution in [3.05, 3.63) is 23.9 Å². The van der Waals surface area contributed by atoms with Crippen molar-refractivity contribution in [3.63, 3.8) is 0 Å². The molecule has 0 radical (unpaired) electrons. The van der Waals surface area contributed by atoms with Crippen LogP contribution in [0.25, 0.3) is 0 Å². The van der Waals surface area contributed by atoms with Crippen molar-refractivity contribution in [2.75, 3.05) is 20.2 Å². The van der Waals surface area contributed by atoms with Gasteiger partial charge in [-0.2, -0.15) is 0 Å². The number of methoxy groups -OCH3 is 1. The molecule has 0 saturated carbocycles. The van der Waals surface area contributed by atoms with E-state index in [0.29, 0.717) is 17.8 Å². The third-order valence-corrected chi connectivity index (χ3v) is 3.15. The van der Waals surface area contributed by atoms with Crippen LogP contribution in [0.1, 0.15) is 12.5 Å². The van der Waals surface area contributed by atoms with E-state index in [0.717, 1.165) is 19.6 Å². The lowest BCUT2D eigenvalue weighted by atomic mass is 10.0. The lowest BCUT2D eigenvalue weighted by molar-refractivity contribution is 0.396. The molecule has 0 bridgehead atoms. The highest BCUT2D eigenvalue weighted by Gasteiger charge is 2.21. The predicted molar refractivity (Wildman–Crippen MR) is 66.6 cm³/mol. The molecule has 5 nitrogen and oxygen atoms in total. The van der Waals surface area contributed by atoms with Gasteiger partial charge in [0.2, 0.25) is 5.88 Å². The average molecular weight is 236 g/mol. The van der Waals surface area contributed by atoms with Crippen molar-refractivity contribution in [1.82, 2.24) is 21.2 Å². The lowest BCUT2D eigenvalue weighted by Gasteiger charge is -2.14. The Morgan fingerprint density at radius 2 is 2.47 bits per heavy atom. The summed E-state index contributed by atoms with van der Waals surface area (Å²) in [5, 5.41) is 3.46. The van der Waals surface area contributed by atoms with Crippen LogP contribution in [-0.2, 0) is 6.54 Å². The third-order valence-electron chi connectivity index (χ3n) is 3.15. The highest BCUT2D eigenvalue weighted by Crippen LogP contribution is 2.09. The summed E-state index contributed by atoms with van der Waals surface area (Å²) in [6, 6.07) is 4.49. The maximum atomic E-state index is 5.09. The van der Waals surface area contributed by atoms with Gasteiger partial charge >= 0.3 is 0 Å². The first-order valence-electron chi connectivity index (χ1n) is 5.97. The summed E-state index contributed by atoms with van der Waals surface area (Å²) in [7, 11) is 1.64. The Labute approximate surface area is 102 Å². The zero-order valence-corrected chi connectivity index (χ0v) is 10.4. The Balaban J connectivity index is 1.77. The number of rotatable bonds is 5. The van der Waals surface area contributed by atoms with Crippen LogP contribution in [0.4, 0.5) is 0 Å². The second-order valence-corrected chi connectivity index (χ2v) is 4.41. The number of aromatic nitrogens is 1. The summed E-state index contributed by atoms with van der Waals surface area (Å²) in [5.41, 5.74) is 7.58. The van der Waals surface area contributed by atoms with Crippen LogP contribution < -0.4 is 20.9 Å². The standard InChI is InChI=1S/C12H20N4O/c1-9-11(8-15-16-9)7-13-6-10-3-4-14-12(5-10)17-2/h3-5,9,11,13,15-16H,6-8H2,1-2H3. The number of hydrogen-bond donors (Lipinski definition) is 3. The molecular weight excluding hydrogens is 216 g/mol. The van der Waals surface area contributed by atoms with Crippen molar-refractivity contribution in [2.45, 2.75) is 19.5 Å². The molecule has 2 rings (SSSR count). The number of ether oxygens (including phenoxy) is 1. The van der Waals surface area contributed by atoms with Crippen molar-refractivity contribution in [2.24, 2.45) is 5.92 Å². The first kappa shape index (κ1) is 12.3. The van der Waals surface area contributed by atoms with Crippen molar-refractivity contribution in [3.8, 4) is 5.88 Å². The first-order chi connectivity index (χ1) is 8.29. The zero-order valence-electron chi connectivity index (χ0n) is 10.4. The quantitative estimate of drug-likeness (QED) is 0.686. The fraction of sp³-hybridized carbons (Fsp3) is 0.583. The van der Waals surface area contributed by atoms with Gasteiger partial charge in [0.1, 0.15) is 0 Å². The molecule has 1 aromatic rings. The van der Waals surface area contributed by atoms with E-state index in [4.69, 9.17) is 4.74 Å². The van der Waals surface area contributed by atoms with Crippen LogP contribution in [0.3, 0.4) is 0 Å². The highest BCUT2D eigenvalue weighted by molar-refractivity contribution is 5.20. The molecule has 0 amide bonds. The number of pyridine rings is 1. The molecule has 0 spiro atoms. The summed E-state index contributed by atoms with van der Waals surface area (Å²) >= 11 is 0. The largest absolute Gasteiger partial charge is 0.481 e. The Hall–Kier alpha value is -1.17. The van der Waals surface area contributed by atoms with Crippen molar-refractivity contribution >= 4 is 0 Å². The SMILES string of the molecule is COc1cc(CNCC2CNNC2C)ccn1. The normalized spacial score (nSPS) is 23.9. The summed E-state index contributed by atoms with van der Waals surface area (Å²) in [5.74, 6) is 1.31. The Morgan fingerprint density at radius 3 is 3.18 bits per heavy atom. The summed E-state index contributed by atoms with van der Waals surface area (Å²) in [4.78, 5) is 4.09. The predicted octanol–water partition coefficient (Wildman–Crippen LogP) is 0.292. The van der Waals surface area contributed by atoms with Gasteiger partial charge < -0.3 is 10.1 Å². The molecule has 2 atom stereocenters. The number of nitrogens with zero attached hydrogens (tertiary/aromatic N) is 1. The second-order valence-electron chi connectivity index (χ2n) is 4.41. The van der Waals surface area contributed by atoms with Crippen molar-refractivity contribution in [1.29, 1.82) is 0 Å². The van der Waals surface area contributed by atoms with E-state index in [1.54, 1.807) is 13.3 Å². The van der Waals surface area contributed by atoms with E-state index >= 15 is 0 Å². The molecule has 1 aliphatic heterocycles. The van der Waals surface area contributed by atoms with Gasteiger partial charge in [-0.15, -0.1) is 0 Å². The van der Waals surface area contributed by atoms with Gasteiger partial charge in [0.15, 0.2) is 0 Å². The molecule has 0 aliphatic carbocycles. The van der Waals surface area contributed by atoms with Gasteiger partial charge in [0, 0.05) is 43.9 Å². The van der Waals surface area contributed by atoms with Crippen LogP contribution in [-0.4, -0.2) is 31.2 Å². The van der Waals surface area contributed by atoms with Gasteiger partial charge in [-0.05, 0) is 18.6 Å². The van der Waals surface area contributed by atoms with Gasteiger partial charge in [0.25, 0.3) is 0 Å². The van der Waals surface area contributed by atoms with E-state index in [2.05, 4.69) is 28.1 Å². The fourth-order valence-electron chi connectivity index (χ4n) is 1.97. The molecule has 17 heavy (non-hydrogen) atoms. The Bertz CT molecular complexity index is 358. The van der Waals surface area contributed by atoms with E-state index in [9.17, 15) is 0 Å². The zero-order chi connectivity index (χ0) is 12.1. The average Bonchev–Trinajstić information content (AvgIpc) is 2.76. The molecule has 1 saturated heterocycles. The molecule has 2 heterocycles. The maximum absolute atomic E-state index is 5.09. The maximum Gasteiger partial charge on any atom is 0.213 e. The smallest absolute Gasteiger partial charge is 0.213 e. The van der Waals surface area contributed by atoms with Gasteiger partial charge in [-0.1, -0.05) is 0 Å². The van der Waals surface area contributed by atoms with Crippen LogP contribution in [0.2, 0.25) is 0 Å². The second kappa shape index (κ2) is 5.95. The Kier molecular flexibility index (Phi) is 4.30. The topological polar surface area (TPSA) is 58.2 Å². The molecule has 5 heteroatoms. The molecule has 1 fully saturated rings. The van der Waals surface area contributed by atoms with E-state index in [-0.39, 0.29) is 0 Å².